The monoisotopic (exact) mass is 525 g/mol. The van der Waals surface area contributed by atoms with Crippen LogP contribution in [0.15, 0.2) is 76.7 Å². The second-order valence-electron chi connectivity index (χ2n) is 8.39. The van der Waals surface area contributed by atoms with Crippen LogP contribution in [0.3, 0.4) is 0 Å². The SMILES string of the molecule is CC(C)c1ccccc1-n1c(SCC(=O)NCCc2ccc(Cl)cc2Cl)nc2ccccc2c1=O. The van der Waals surface area contributed by atoms with Crippen LogP contribution in [-0.2, 0) is 11.2 Å². The van der Waals surface area contributed by atoms with Crippen molar-refractivity contribution in [2.24, 2.45) is 0 Å². The first-order valence-corrected chi connectivity index (χ1v) is 13.0. The Bertz CT molecular complexity index is 1440. The summed E-state index contributed by atoms with van der Waals surface area (Å²) in [6.07, 6.45) is 0.590. The lowest BCUT2D eigenvalue weighted by atomic mass is 10.0. The largest absolute Gasteiger partial charge is 0.355 e. The van der Waals surface area contributed by atoms with Gasteiger partial charge < -0.3 is 5.32 Å². The molecule has 5 nitrogen and oxygen atoms in total. The first kappa shape index (κ1) is 25.3. The number of benzene rings is 3. The summed E-state index contributed by atoms with van der Waals surface area (Å²) < 4.78 is 1.63. The molecule has 0 bridgehead atoms. The van der Waals surface area contributed by atoms with Crippen LogP contribution in [0.2, 0.25) is 10.0 Å². The van der Waals surface area contributed by atoms with E-state index < -0.39 is 0 Å². The highest BCUT2D eigenvalue weighted by molar-refractivity contribution is 7.99. The number of hydrogen-bond donors (Lipinski definition) is 1. The molecular formula is C27H25Cl2N3O2S. The van der Waals surface area contributed by atoms with Gasteiger partial charge in [0.1, 0.15) is 0 Å². The third-order valence-electron chi connectivity index (χ3n) is 5.61. The van der Waals surface area contributed by atoms with Crippen LogP contribution in [0.25, 0.3) is 16.6 Å². The molecule has 1 aromatic heterocycles. The Hall–Kier alpha value is -2.80. The average Bonchev–Trinajstić information content (AvgIpc) is 2.84. The van der Waals surface area contributed by atoms with Crippen molar-refractivity contribution >= 4 is 51.8 Å². The van der Waals surface area contributed by atoms with Crippen LogP contribution in [0, 0.1) is 0 Å². The van der Waals surface area contributed by atoms with Gasteiger partial charge in [0.2, 0.25) is 5.91 Å². The molecule has 180 valence electrons. The molecule has 1 N–H and O–H groups in total. The summed E-state index contributed by atoms with van der Waals surface area (Å²) in [5, 5.41) is 5.10. The Labute approximate surface area is 218 Å². The molecule has 0 radical (unpaired) electrons. The minimum Gasteiger partial charge on any atom is -0.355 e. The van der Waals surface area contributed by atoms with Gasteiger partial charge >= 0.3 is 0 Å². The molecule has 0 saturated heterocycles. The number of para-hydroxylation sites is 2. The predicted octanol–water partition coefficient (Wildman–Crippen LogP) is 6.27. The highest BCUT2D eigenvalue weighted by Crippen LogP contribution is 2.27. The number of nitrogens with one attached hydrogen (secondary N) is 1. The smallest absolute Gasteiger partial charge is 0.266 e. The molecule has 0 fully saturated rings. The van der Waals surface area contributed by atoms with Gasteiger partial charge in [0, 0.05) is 16.6 Å². The fourth-order valence-electron chi connectivity index (χ4n) is 3.84. The van der Waals surface area contributed by atoms with Crippen LogP contribution in [0.1, 0.15) is 30.9 Å². The van der Waals surface area contributed by atoms with Crippen molar-refractivity contribution in [1.82, 2.24) is 14.9 Å². The zero-order valence-corrected chi connectivity index (χ0v) is 21.8. The van der Waals surface area contributed by atoms with E-state index in [1.807, 2.05) is 48.5 Å². The summed E-state index contributed by atoms with van der Waals surface area (Å²) in [7, 11) is 0. The molecule has 4 rings (SSSR count). The second kappa shape index (κ2) is 11.3. The van der Waals surface area contributed by atoms with Gasteiger partial charge in [0.05, 0.1) is 22.3 Å². The van der Waals surface area contributed by atoms with Crippen LogP contribution in [0.4, 0.5) is 0 Å². The van der Waals surface area contributed by atoms with Gasteiger partial charge in [-0.15, -0.1) is 0 Å². The van der Waals surface area contributed by atoms with Crippen molar-refractivity contribution in [2.75, 3.05) is 12.3 Å². The van der Waals surface area contributed by atoms with Crippen molar-refractivity contribution in [2.45, 2.75) is 31.3 Å². The number of rotatable bonds is 8. The van der Waals surface area contributed by atoms with Crippen LogP contribution >= 0.6 is 35.0 Å². The standard InChI is InChI=1S/C27H25Cl2N3O2S/c1-17(2)20-7-4-6-10-24(20)32-26(34)21-8-3-5-9-23(21)31-27(32)35-16-25(33)30-14-13-18-11-12-19(28)15-22(18)29/h3-12,15,17H,13-14,16H2,1-2H3,(H,30,33). The van der Waals surface area contributed by atoms with Gasteiger partial charge in [0.15, 0.2) is 5.16 Å². The molecule has 0 aliphatic rings. The molecular weight excluding hydrogens is 501 g/mol. The lowest BCUT2D eigenvalue weighted by Gasteiger charge is -2.18. The highest BCUT2D eigenvalue weighted by atomic mass is 35.5. The van der Waals surface area contributed by atoms with E-state index in [-0.39, 0.29) is 23.1 Å². The number of halogens is 2. The number of amides is 1. The predicted molar refractivity (Wildman–Crippen MR) is 145 cm³/mol. The van der Waals surface area contributed by atoms with E-state index >= 15 is 0 Å². The van der Waals surface area contributed by atoms with Crippen LogP contribution < -0.4 is 10.9 Å². The summed E-state index contributed by atoms with van der Waals surface area (Å²) in [5.41, 5.74) is 3.20. The molecule has 8 heteroatoms. The average molecular weight is 526 g/mol. The molecule has 0 saturated carbocycles. The van der Waals surface area contributed by atoms with Crippen LogP contribution in [-0.4, -0.2) is 27.8 Å². The Morgan fingerprint density at radius 1 is 1.06 bits per heavy atom. The molecule has 3 aromatic carbocycles. The Morgan fingerprint density at radius 3 is 2.57 bits per heavy atom. The summed E-state index contributed by atoms with van der Waals surface area (Å²) in [4.78, 5) is 30.9. The van der Waals surface area contributed by atoms with Gasteiger partial charge in [-0.2, -0.15) is 0 Å². The van der Waals surface area contributed by atoms with Crippen molar-refractivity contribution < 1.29 is 4.79 Å². The fourth-order valence-corrected chi connectivity index (χ4v) is 5.18. The number of hydrogen-bond acceptors (Lipinski definition) is 4. The first-order chi connectivity index (χ1) is 16.8. The van der Waals surface area contributed by atoms with Crippen molar-refractivity contribution in [3.63, 3.8) is 0 Å². The van der Waals surface area contributed by atoms with Crippen LogP contribution in [0.5, 0.6) is 0 Å². The van der Waals surface area contributed by atoms with Gasteiger partial charge in [-0.3, -0.25) is 14.2 Å². The number of nitrogens with zero attached hydrogens (tertiary/aromatic N) is 2. The minimum absolute atomic E-state index is 0.128. The number of carbonyl (C=O) groups is 1. The molecule has 1 heterocycles. The Morgan fingerprint density at radius 2 is 1.80 bits per heavy atom. The van der Waals surface area contributed by atoms with E-state index in [1.165, 1.54) is 11.8 Å². The molecule has 0 aliphatic heterocycles. The summed E-state index contributed by atoms with van der Waals surface area (Å²) in [6, 6.07) is 20.4. The molecule has 0 spiro atoms. The van der Waals surface area contributed by atoms with Crippen molar-refractivity contribution in [1.29, 1.82) is 0 Å². The molecule has 0 atom stereocenters. The van der Waals surface area contributed by atoms with Crippen molar-refractivity contribution in [3.05, 3.63) is 98.3 Å². The van der Waals surface area contributed by atoms with Gasteiger partial charge in [-0.25, -0.2) is 4.98 Å². The zero-order valence-electron chi connectivity index (χ0n) is 19.4. The van der Waals surface area contributed by atoms with Gasteiger partial charge in [-0.05, 0) is 53.8 Å². The molecule has 35 heavy (non-hydrogen) atoms. The van der Waals surface area contributed by atoms with Crippen molar-refractivity contribution in [3.8, 4) is 5.69 Å². The molecule has 0 aliphatic carbocycles. The molecule has 0 unspecified atom stereocenters. The van der Waals surface area contributed by atoms with E-state index in [0.29, 0.717) is 39.1 Å². The van der Waals surface area contributed by atoms with E-state index in [9.17, 15) is 9.59 Å². The summed E-state index contributed by atoms with van der Waals surface area (Å²) in [6.45, 7) is 4.62. The van der Waals surface area contributed by atoms with E-state index in [4.69, 9.17) is 28.2 Å². The number of aromatic nitrogens is 2. The minimum atomic E-state index is -0.149. The molecule has 4 aromatic rings. The fraction of sp³-hybridized carbons (Fsp3) is 0.222. The summed E-state index contributed by atoms with van der Waals surface area (Å²) in [5.74, 6) is 0.194. The maximum absolute atomic E-state index is 13.5. The third-order valence-corrected chi connectivity index (χ3v) is 7.13. The van der Waals surface area contributed by atoms with Gasteiger partial charge in [0.25, 0.3) is 5.56 Å². The Kier molecular flexibility index (Phi) is 8.16. The Balaban J connectivity index is 1.56. The van der Waals surface area contributed by atoms with E-state index in [2.05, 4.69) is 19.2 Å². The highest BCUT2D eigenvalue weighted by Gasteiger charge is 2.18. The topological polar surface area (TPSA) is 64.0 Å². The number of fused-ring (bicyclic) bond motifs is 1. The first-order valence-electron chi connectivity index (χ1n) is 11.3. The normalized spacial score (nSPS) is 11.2. The quantitative estimate of drug-likeness (QED) is 0.217. The lowest BCUT2D eigenvalue weighted by Crippen LogP contribution is -2.28. The molecule has 1 amide bonds. The maximum Gasteiger partial charge on any atom is 0.266 e. The summed E-state index contributed by atoms with van der Waals surface area (Å²) >= 11 is 13.4. The number of thioether (sulfide) groups is 1. The third kappa shape index (κ3) is 5.89. The maximum atomic E-state index is 13.5. The second-order valence-corrected chi connectivity index (χ2v) is 10.2. The van der Waals surface area contributed by atoms with Gasteiger partial charge in [-0.1, -0.05) is 85.2 Å². The lowest BCUT2D eigenvalue weighted by molar-refractivity contribution is -0.118. The zero-order chi connectivity index (χ0) is 24.9. The van der Waals surface area contributed by atoms with E-state index in [1.54, 1.807) is 22.8 Å². The number of carbonyl (C=O) groups excluding carboxylic acids is 1. The van der Waals surface area contributed by atoms with E-state index in [0.717, 1.165) is 16.8 Å².